The van der Waals surface area contributed by atoms with Gasteiger partial charge < -0.3 is 4.90 Å². The van der Waals surface area contributed by atoms with Crippen molar-refractivity contribution < 1.29 is 14.4 Å². The Bertz CT molecular complexity index is 694. The molecule has 3 rings (SSSR count). The maximum Gasteiger partial charge on any atom is 0.247 e. The van der Waals surface area contributed by atoms with Crippen LogP contribution in [0, 0.1) is 0 Å². The van der Waals surface area contributed by atoms with Gasteiger partial charge in [-0.2, -0.15) is 0 Å². The molecule has 3 amide bonds. The largest absolute Gasteiger partial charge is 0.339 e. The topological polar surface area (TPSA) is 60.9 Å². The Morgan fingerprint density at radius 3 is 2.23 bits per heavy atom. The molecule has 140 valence electrons. The molecule has 0 radical (unpaired) electrons. The molecule has 1 atom stereocenters. The number of carbonyl (C=O) groups is 3. The first-order valence-electron chi connectivity index (χ1n) is 9.29. The molecule has 26 heavy (non-hydrogen) atoms. The molecule has 0 aromatic heterocycles. The standard InChI is InChI=1S/C20H27N3O3/c1-4-23-17(24)14-16(18(23)25)21-10-12-22(13-11-21)19(26)20(2,3)15-8-6-5-7-9-15/h5-9,16H,4,10-14H2,1-3H3/t16-/m1/s1. The number of likely N-dealkylation sites (N-methyl/N-ethyl adjacent to an activating group) is 1. The lowest BCUT2D eigenvalue weighted by molar-refractivity contribution is -0.140. The summed E-state index contributed by atoms with van der Waals surface area (Å²) in [5.41, 5.74) is 0.421. The van der Waals surface area contributed by atoms with E-state index in [1.165, 1.54) is 4.90 Å². The Morgan fingerprint density at radius 2 is 1.69 bits per heavy atom. The third kappa shape index (κ3) is 3.26. The minimum Gasteiger partial charge on any atom is -0.339 e. The van der Waals surface area contributed by atoms with E-state index in [1.807, 2.05) is 56.0 Å². The first-order chi connectivity index (χ1) is 12.4. The van der Waals surface area contributed by atoms with Gasteiger partial charge in [0.25, 0.3) is 0 Å². The lowest BCUT2D eigenvalue weighted by Crippen LogP contribution is -2.56. The Kier molecular flexibility index (Phi) is 5.14. The monoisotopic (exact) mass is 357 g/mol. The Hall–Kier alpha value is -2.21. The predicted molar refractivity (Wildman–Crippen MR) is 98.4 cm³/mol. The minimum atomic E-state index is -0.582. The van der Waals surface area contributed by atoms with Gasteiger partial charge in [0.1, 0.15) is 0 Å². The summed E-state index contributed by atoms with van der Waals surface area (Å²) in [5.74, 6) is -0.0829. The summed E-state index contributed by atoms with van der Waals surface area (Å²) in [6.45, 7) is 8.57. The Labute approximate surface area is 154 Å². The summed E-state index contributed by atoms with van der Waals surface area (Å²) in [5, 5.41) is 0. The van der Waals surface area contributed by atoms with Gasteiger partial charge in [0.15, 0.2) is 0 Å². The van der Waals surface area contributed by atoms with Crippen molar-refractivity contribution in [3.8, 4) is 0 Å². The maximum absolute atomic E-state index is 13.0. The zero-order valence-electron chi connectivity index (χ0n) is 15.8. The lowest BCUT2D eigenvalue weighted by Gasteiger charge is -2.40. The number of hydrogen-bond acceptors (Lipinski definition) is 4. The van der Waals surface area contributed by atoms with Gasteiger partial charge in [0.05, 0.1) is 17.9 Å². The predicted octanol–water partition coefficient (Wildman–Crippen LogP) is 1.26. The van der Waals surface area contributed by atoms with Crippen LogP contribution in [0.1, 0.15) is 32.8 Å². The zero-order chi connectivity index (χ0) is 18.9. The van der Waals surface area contributed by atoms with E-state index >= 15 is 0 Å². The van der Waals surface area contributed by atoms with Crippen molar-refractivity contribution in [2.24, 2.45) is 0 Å². The van der Waals surface area contributed by atoms with Crippen molar-refractivity contribution >= 4 is 17.7 Å². The molecule has 0 spiro atoms. The maximum atomic E-state index is 13.0. The van der Waals surface area contributed by atoms with Gasteiger partial charge in [-0.05, 0) is 26.3 Å². The van der Waals surface area contributed by atoms with Crippen molar-refractivity contribution in [3.63, 3.8) is 0 Å². The average Bonchev–Trinajstić information content (AvgIpc) is 2.95. The van der Waals surface area contributed by atoms with Crippen molar-refractivity contribution in [1.29, 1.82) is 0 Å². The van der Waals surface area contributed by atoms with Gasteiger partial charge in [-0.15, -0.1) is 0 Å². The van der Waals surface area contributed by atoms with Crippen LogP contribution in [0.15, 0.2) is 30.3 Å². The van der Waals surface area contributed by atoms with Crippen LogP contribution in [-0.4, -0.2) is 71.2 Å². The molecular formula is C20H27N3O3. The number of piperazine rings is 1. The SMILES string of the molecule is CCN1C(=O)C[C@@H](N2CCN(C(=O)C(C)(C)c3ccccc3)CC2)C1=O. The van der Waals surface area contributed by atoms with Crippen molar-refractivity contribution in [3.05, 3.63) is 35.9 Å². The van der Waals surface area contributed by atoms with E-state index in [9.17, 15) is 14.4 Å². The van der Waals surface area contributed by atoms with Gasteiger partial charge in [-0.25, -0.2) is 0 Å². The fourth-order valence-corrected chi connectivity index (χ4v) is 3.89. The normalized spacial score (nSPS) is 22.2. The van der Waals surface area contributed by atoms with E-state index in [0.29, 0.717) is 32.7 Å². The second-order valence-electron chi connectivity index (χ2n) is 7.52. The summed E-state index contributed by atoms with van der Waals surface area (Å²) in [6.07, 6.45) is 0.260. The van der Waals surface area contributed by atoms with Crippen LogP contribution >= 0.6 is 0 Å². The minimum absolute atomic E-state index is 0.0915. The van der Waals surface area contributed by atoms with Crippen molar-refractivity contribution in [2.75, 3.05) is 32.7 Å². The summed E-state index contributed by atoms with van der Waals surface area (Å²) >= 11 is 0. The van der Waals surface area contributed by atoms with Gasteiger partial charge in [-0.3, -0.25) is 24.2 Å². The van der Waals surface area contributed by atoms with Crippen molar-refractivity contribution in [1.82, 2.24) is 14.7 Å². The van der Waals surface area contributed by atoms with Crippen LogP contribution in [0.5, 0.6) is 0 Å². The average molecular weight is 357 g/mol. The molecule has 2 aliphatic rings. The molecule has 0 saturated carbocycles. The molecule has 2 saturated heterocycles. The molecule has 2 aliphatic heterocycles. The number of imide groups is 1. The molecule has 0 unspecified atom stereocenters. The van der Waals surface area contributed by atoms with E-state index in [2.05, 4.69) is 4.90 Å². The van der Waals surface area contributed by atoms with Crippen LogP contribution in [0.4, 0.5) is 0 Å². The van der Waals surface area contributed by atoms with Crippen LogP contribution in [-0.2, 0) is 19.8 Å². The fourth-order valence-electron chi connectivity index (χ4n) is 3.89. The van der Waals surface area contributed by atoms with Gasteiger partial charge in [-0.1, -0.05) is 30.3 Å². The third-order valence-corrected chi connectivity index (χ3v) is 5.61. The van der Waals surface area contributed by atoms with E-state index in [0.717, 1.165) is 5.56 Å². The second-order valence-corrected chi connectivity index (χ2v) is 7.52. The molecule has 2 fully saturated rings. The molecule has 0 N–H and O–H groups in total. The van der Waals surface area contributed by atoms with Gasteiger partial charge >= 0.3 is 0 Å². The van der Waals surface area contributed by atoms with Crippen LogP contribution in [0.3, 0.4) is 0 Å². The number of amides is 3. The molecular weight excluding hydrogens is 330 g/mol. The molecule has 0 aliphatic carbocycles. The molecule has 1 aromatic rings. The first kappa shape index (κ1) is 18.6. The number of rotatable bonds is 4. The zero-order valence-corrected chi connectivity index (χ0v) is 15.8. The Balaban J connectivity index is 1.63. The molecule has 1 aromatic carbocycles. The quantitative estimate of drug-likeness (QED) is 0.761. The van der Waals surface area contributed by atoms with Crippen LogP contribution < -0.4 is 0 Å². The van der Waals surface area contributed by atoms with Crippen LogP contribution in [0.25, 0.3) is 0 Å². The number of carbonyl (C=O) groups excluding carboxylic acids is 3. The van der Waals surface area contributed by atoms with Crippen LogP contribution in [0.2, 0.25) is 0 Å². The number of benzene rings is 1. The van der Waals surface area contributed by atoms with Gasteiger partial charge in [0, 0.05) is 32.7 Å². The fraction of sp³-hybridized carbons (Fsp3) is 0.550. The molecule has 2 heterocycles. The number of likely N-dealkylation sites (tertiary alicyclic amines) is 1. The lowest BCUT2D eigenvalue weighted by atomic mass is 9.83. The molecule has 0 bridgehead atoms. The smallest absolute Gasteiger partial charge is 0.247 e. The number of nitrogens with zero attached hydrogens (tertiary/aromatic N) is 3. The summed E-state index contributed by atoms with van der Waals surface area (Å²) < 4.78 is 0. The molecule has 6 nitrogen and oxygen atoms in total. The highest BCUT2D eigenvalue weighted by Crippen LogP contribution is 2.27. The summed E-state index contributed by atoms with van der Waals surface area (Å²) in [7, 11) is 0. The van der Waals surface area contributed by atoms with E-state index in [-0.39, 0.29) is 30.2 Å². The number of hydrogen-bond donors (Lipinski definition) is 0. The van der Waals surface area contributed by atoms with E-state index < -0.39 is 5.41 Å². The van der Waals surface area contributed by atoms with Gasteiger partial charge in [0.2, 0.25) is 17.7 Å². The van der Waals surface area contributed by atoms with E-state index in [4.69, 9.17) is 0 Å². The first-order valence-corrected chi connectivity index (χ1v) is 9.29. The highest BCUT2D eigenvalue weighted by atomic mass is 16.2. The van der Waals surface area contributed by atoms with E-state index in [1.54, 1.807) is 0 Å². The summed E-state index contributed by atoms with van der Waals surface area (Å²) in [4.78, 5) is 42.6. The third-order valence-electron chi connectivity index (χ3n) is 5.61. The Morgan fingerprint density at radius 1 is 1.08 bits per heavy atom. The highest BCUT2D eigenvalue weighted by molar-refractivity contribution is 6.05. The van der Waals surface area contributed by atoms with Crippen molar-refractivity contribution in [2.45, 2.75) is 38.6 Å². The second kappa shape index (κ2) is 7.19. The highest BCUT2D eigenvalue weighted by Gasteiger charge is 2.43. The summed E-state index contributed by atoms with van der Waals surface area (Å²) in [6, 6.07) is 9.45. The molecule has 6 heteroatoms.